The highest BCUT2D eigenvalue weighted by molar-refractivity contribution is 7.98. The van der Waals surface area contributed by atoms with Crippen LogP contribution < -0.4 is 5.56 Å². The number of benzene rings is 3. The van der Waals surface area contributed by atoms with E-state index in [0.29, 0.717) is 17.3 Å². The minimum atomic E-state index is -5.39. The van der Waals surface area contributed by atoms with Gasteiger partial charge in [-0.3, -0.25) is 9.59 Å². The van der Waals surface area contributed by atoms with Gasteiger partial charge in [-0.05, 0) is 78.2 Å². The summed E-state index contributed by atoms with van der Waals surface area (Å²) in [7, 11) is 0. The fourth-order valence-electron chi connectivity index (χ4n) is 4.41. The molecule has 1 atom stereocenters. The molecule has 3 aromatic carbocycles. The maximum atomic E-state index is 15.1. The van der Waals surface area contributed by atoms with Gasteiger partial charge in [0.1, 0.15) is 12.3 Å². The van der Waals surface area contributed by atoms with Crippen molar-refractivity contribution in [1.82, 2.24) is 19.4 Å². The van der Waals surface area contributed by atoms with Gasteiger partial charge in [-0.2, -0.15) is 18.2 Å². The molecule has 0 N–H and O–H groups in total. The molecule has 0 aliphatic heterocycles. The van der Waals surface area contributed by atoms with E-state index in [-0.39, 0.29) is 34.9 Å². The number of hydrogen-bond donors (Lipinski definition) is 0. The number of nitrogens with zero attached hydrogens (tertiary/aromatic N) is 4. The van der Waals surface area contributed by atoms with E-state index in [4.69, 9.17) is 17.8 Å². The zero-order valence-electron chi connectivity index (χ0n) is 42.9. The molecule has 1 amide bonds. The number of carbonyl (C=O) groups is 1. The molecule has 254 valence electrons. The van der Waals surface area contributed by atoms with Crippen molar-refractivity contribution in [2.45, 2.75) is 63.6 Å². The Balaban J connectivity index is 1.80. The van der Waals surface area contributed by atoms with Crippen LogP contribution in [0.2, 0.25) is 0 Å². The molecule has 1 unspecified atom stereocenters. The summed E-state index contributed by atoms with van der Waals surface area (Å²) in [5.41, 5.74) is -8.71. The Labute approximate surface area is 306 Å². The van der Waals surface area contributed by atoms with E-state index in [2.05, 4.69) is 4.98 Å². The summed E-state index contributed by atoms with van der Waals surface area (Å²) < 4.78 is 205. The number of likely N-dealkylation sites (N-methyl/N-ethyl adjacent to an activating group) is 1. The van der Waals surface area contributed by atoms with Gasteiger partial charge in [-0.1, -0.05) is 80.9 Å². The molecule has 0 radical (unpaired) electrons. The summed E-state index contributed by atoms with van der Waals surface area (Å²) in [5, 5.41) is -0.761. The number of halogens is 4. The van der Waals surface area contributed by atoms with Gasteiger partial charge in [0.2, 0.25) is 5.91 Å². The Morgan fingerprint density at radius 3 is 2.25 bits per heavy atom. The molecule has 0 bridgehead atoms. The van der Waals surface area contributed by atoms with Crippen molar-refractivity contribution in [3.63, 3.8) is 0 Å². The molecule has 4 aromatic rings. The molecule has 1 aliphatic rings. The molecule has 0 spiro atoms. The van der Waals surface area contributed by atoms with Gasteiger partial charge < -0.3 is 14.4 Å². The quantitative estimate of drug-likeness (QED) is 0.0825. The van der Waals surface area contributed by atoms with Crippen molar-refractivity contribution in [1.29, 1.82) is 0 Å². The third-order valence-electron chi connectivity index (χ3n) is 6.98. The minimum absolute atomic E-state index is 0.168. The molecule has 1 aromatic heterocycles. The largest absolute Gasteiger partial charge is 0.416 e. The highest BCUT2D eigenvalue weighted by Crippen LogP contribution is 2.32. The number of rotatable bonds is 13. The monoisotopic (exact) mass is 697 g/mol. The van der Waals surface area contributed by atoms with Crippen molar-refractivity contribution in [3.8, 4) is 11.1 Å². The van der Waals surface area contributed by atoms with Crippen LogP contribution >= 0.6 is 11.8 Å². The third kappa shape index (κ3) is 8.73. The van der Waals surface area contributed by atoms with Crippen molar-refractivity contribution in [2.75, 3.05) is 26.2 Å². The Bertz CT molecular complexity index is 2570. The lowest BCUT2D eigenvalue weighted by molar-refractivity contribution is -0.137. The van der Waals surface area contributed by atoms with Crippen molar-refractivity contribution in [2.24, 2.45) is 5.89 Å². The van der Waals surface area contributed by atoms with Crippen LogP contribution in [0.4, 0.5) is 17.6 Å². The van der Waals surface area contributed by atoms with Crippen molar-refractivity contribution < 1.29 is 45.7 Å². The van der Waals surface area contributed by atoms with Gasteiger partial charge in [-0.25, -0.2) is 4.39 Å². The number of aromatic nitrogens is 2. The van der Waals surface area contributed by atoms with E-state index in [1.54, 1.807) is 18.7 Å². The van der Waals surface area contributed by atoms with Crippen molar-refractivity contribution in [3.05, 3.63) is 117 Å². The lowest BCUT2D eigenvalue weighted by Crippen LogP contribution is -2.40. The van der Waals surface area contributed by atoms with Crippen LogP contribution in [0, 0.1) is 11.7 Å². The number of carbonyl (C=O) groups excluding carboxylic acids is 1. The minimum Gasteiger partial charge on any atom is -0.336 e. The van der Waals surface area contributed by atoms with Gasteiger partial charge in [0, 0.05) is 43.5 Å². The normalized spacial score (nSPS) is 23.7. The van der Waals surface area contributed by atoms with E-state index in [1.165, 1.54) is 12.1 Å². The van der Waals surface area contributed by atoms with Crippen LogP contribution in [0.1, 0.15) is 72.0 Å². The first-order chi connectivity index (χ1) is 29.7. The highest BCUT2D eigenvalue weighted by atomic mass is 32.2. The maximum Gasteiger partial charge on any atom is 0.416 e. The van der Waals surface area contributed by atoms with E-state index < -0.39 is 149 Å². The van der Waals surface area contributed by atoms with E-state index in [9.17, 15) is 27.8 Å². The smallest absolute Gasteiger partial charge is 0.336 e. The number of amides is 1. The summed E-state index contributed by atoms with van der Waals surface area (Å²) in [6.45, 7) is -3.80. The second-order valence-corrected chi connectivity index (χ2v) is 11.2. The lowest BCUT2D eigenvalue weighted by Gasteiger charge is -2.28. The topological polar surface area (TPSA) is 58.4 Å². The summed E-state index contributed by atoms with van der Waals surface area (Å²) in [6.07, 6.45) is -11.9. The molecular weight excluding hydrogens is 640 g/mol. The molecule has 1 aliphatic carbocycles. The van der Waals surface area contributed by atoms with Crippen LogP contribution in [-0.4, -0.2) is 51.4 Å². The summed E-state index contributed by atoms with van der Waals surface area (Å²) in [5.74, 6) is -5.68. The zero-order chi connectivity index (χ0) is 49.5. The SMILES string of the molecule is [2H]c1c([2H])c(C(F)(F)F)c([2H])c([2H])c1-c1c([2H])c([2H])c(C([2H])([2H])N(CCN(CC)CC)C(=O)C([2H])([2H])n2c(SCc3ccc(F)cc3)nc(=O)c3c2C([2H])([2H])C([2H])(C)C3([2H])[2H])c([2H])c1[2H]. The van der Waals surface area contributed by atoms with Crippen LogP contribution in [0.25, 0.3) is 11.1 Å². The lowest BCUT2D eigenvalue weighted by atomic mass is 10.0. The molecule has 48 heavy (non-hydrogen) atoms. The summed E-state index contributed by atoms with van der Waals surface area (Å²) in [4.78, 5) is 34.3. The molecule has 0 fully saturated rings. The van der Waals surface area contributed by atoms with Gasteiger partial charge in [0.05, 0.1) is 22.0 Å². The van der Waals surface area contributed by atoms with Crippen LogP contribution in [-0.2, 0) is 42.5 Å². The first kappa shape index (κ1) is 19.3. The van der Waals surface area contributed by atoms with E-state index in [0.717, 1.165) is 19.1 Å². The fourth-order valence-corrected chi connectivity index (χ4v) is 5.31. The standard InChI is InChI=1S/C37H40F4N4O2S/c1-4-43(5-2)18-19-44(22-26-6-10-28(11-7-26)29-12-14-30(15-13-29)37(39,40)41)34(46)23-45-33-21-25(3)20-32(33)35(47)42-36(45)48-24-27-8-16-31(38)17-9-27/h6-17,25H,4-5,18-24H2,1-3H3/i6D,7D,10D,11D,12D,13D,14D,15D,20D2,21D2,22D2,23D2,25D. The number of thioether (sulfide) groups is 1. The van der Waals surface area contributed by atoms with Crippen molar-refractivity contribution >= 4 is 17.7 Å². The number of hydrogen-bond acceptors (Lipinski definition) is 5. The predicted molar refractivity (Wildman–Crippen MR) is 181 cm³/mol. The Kier molecular flexibility index (Phi) is 6.23. The molecule has 0 saturated heterocycles. The fraction of sp³-hybridized carbons (Fsp3) is 0.378. The van der Waals surface area contributed by atoms with E-state index in [1.807, 2.05) is 0 Å². The number of alkyl halides is 3. The Hall–Kier alpha value is -3.96. The van der Waals surface area contributed by atoms with E-state index >= 15 is 4.79 Å². The van der Waals surface area contributed by atoms with Gasteiger partial charge in [-0.15, -0.1) is 0 Å². The maximum absolute atomic E-state index is 15.1. The molecule has 1 heterocycles. The average molecular weight is 698 g/mol. The predicted octanol–water partition coefficient (Wildman–Crippen LogP) is 7.47. The third-order valence-corrected chi connectivity index (χ3v) is 7.99. The Morgan fingerprint density at radius 2 is 1.65 bits per heavy atom. The molecule has 6 nitrogen and oxygen atoms in total. The van der Waals surface area contributed by atoms with Crippen LogP contribution in [0.3, 0.4) is 0 Å². The molecule has 0 saturated carbocycles. The van der Waals surface area contributed by atoms with Gasteiger partial charge in [0.15, 0.2) is 5.16 Å². The second-order valence-electron chi connectivity index (χ2n) is 10.3. The first-order valence-corrected chi connectivity index (χ1v) is 15.6. The van der Waals surface area contributed by atoms with Gasteiger partial charge in [0.25, 0.3) is 5.56 Å². The molecular formula is C37H40F4N4O2S. The average Bonchev–Trinajstić information content (AvgIpc) is 3.31. The molecule has 5 rings (SSSR count). The van der Waals surface area contributed by atoms with Gasteiger partial charge >= 0.3 is 6.18 Å². The first-order valence-electron chi connectivity index (χ1n) is 23.1. The summed E-state index contributed by atoms with van der Waals surface area (Å²) >= 11 is 0.524. The molecule has 11 heteroatoms. The summed E-state index contributed by atoms with van der Waals surface area (Å²) in [6, 6.07) is -6.49. The second kappa shape index (κ2) is 15.5. The van der Waals surface area contributed by atoms with Crippen LogP contribution in [0.15, 0.2) is 82.6 Å². The zero-order valence-corrected chi connectivity index (χ0v) is 26.7. The van der Waals surface area contributed by atoms with Crippen LogP contribution in [0.5, 0.6) is 0 Å². The number of fused-ring (bicyclic) bond motifs is 1. The Morgan fingerprint density at radius 1 is 1.02 bits per heavy atom. The highest BCUT2D eigenvalue weighted by Gasteiger charge is 2.30.